The summed E-state index contributed by atoms with van der Waals surface area (Å²) >= 11 is 0. The Bertz CT molecular complexity index is 423. The van der Waals surface area contributed by atoms with Crippen molar-refractivity contribution in [3.63, 3.8) is 0 Å². The summed E-state index contributed by atoms with van der Waals surface area (Å²) in [6.07, 6.45) is 7.81. The molecule has 1 aliphatic carbocycles. The molecule has 2 rings (SSSR count). The normalized spacial score (nSPS) is 22.2. The Labute approximate surface area is 183 Å². The summed E-state index contributed by atoms with van der Waals surface area (Å²) in [6, 6.07) is 0.624. The summed E-state index contributed by atoms with van der Waals surface area (Å²) in [7, 11) is 4.07. The quantitative estimate of drug-likeness (QED) is 0.308. The first kappa shape index (κ1) is 24.9. The van der Waals surface area contributed by atoms with Gasteiger partial charge in [0.2, 0.25) is 0 Å². The van der Waals surface area contributed by atoms with Crippen molar-refractivity contribution < 1.29 is 4.74 Å². The van der Waals surface area contributed by atoms with Crippen molar-refractivity contribution in [3.8, 4) is 0 Å². The summed E-state index contributed by atoms with van der Waals surface area (Å²) < 4.78 is 5.58. The van der Waals surface area contributed by atoms with E-state index in [0.29, 0.717) is 6.04 Å². The number of morpholine rings is 1. The highest BCUT2D eigenvalue weighted by Gasteiger charge is 2.38. The molecule has 0 aromatic rings. The van der Waals surface area contributed by atoms with Crippen LogP contribution in [0.1, 0.15) is 52.4 Å². The van der Waals surface area contributed by atoms with Crippen LogP contribution in [0.2, 0.25) is 0 Å². The zero-order valence-electron chi connectivity index (χ0n) is 17.9. The molecule has 0 aromatic carbocycles. The first-order chi connectivity index (χ1) is 12.6. The first-order valence-electron chi connectivity index (χ1n) is 10.6. The number of guanidine groups is 1. The number of rotatable bonds is 8. The first-order valence-corrected chi connectivity index (χ1v) is 10.6. The van der Waals surface area contributed by atoms with Gasteiger partial charge in [0, 0.05) is 51.4 Å². The van der Waals surface area contributed by atoms with Crippen LogP contribution >= 0.6 is 24.0 Å². The van der Waals surface area contributed by atoms with E-state index in [0.717, 1.165) is 51.9 Å². The van der Waals surface area contributed by atoms with Gasteiger partial charge in [-0.2, -0.15) is 0 Å². The smallest absolute Gasteiger partial charge is 0.191 e. The van der Waals surface area contributed by atoms with Gasteiger partial charge in [-0.1, -0.05) is 26.2 Å². The van der Waals surface area contributed by atoms with Gasteiger partial charge < -0.3 is 20.3 Å². The lowest BCUT2D eigenvalue weighted by atomic mass is 9.80. The van der Waals surface area contributed by atoms with Gasteiger partial charge in [-0.3, -0.25) is 9.89 Å². The summed E-state index contributed by atoms with van der Waals surface area (Å²) in [5.41, 5.74) is 0.271. The van der Waals surface area contributed by atoms with Crippen LogP contribution in [0.15, 0.2) is 4.99 Å². The number of likely N-dealkylation sites (N-methyl/N-ethyl adjacent to an activating group) is 1. The zero-order chi connectivity index (χ0) is 18.8. The second kappa shape index (κ2) is 13.2. The fourth-order valence-electron chi connectivity index (χ4n) is 4.20. The molecule has 2 fully saturated rings. The van der Waals surface area contributed by atoms with Crippen LogP contribution in [0.25, 0.3) is 0 Å². The van der Waals surface area contributed by atoms with E-state index in [9.17, 15) is 0 Å². The minimum atomic E-state index is 0. The lowest BCUT2D eigenvalue weighted by molar-refractivity contribution is -0.0352. The van der Waals surface area contributed by atoms with Gasteiger partial charge in [0.05, 0.1) is 13.2 Å². The second-order valence-corrected chi connectivity index (χ2v) is 7.97. The van der Waals surface area contributed by atoms with Crippen molar-refractivity contribution in [1.29, 1.82) is 0 Å². The van der Waals surface area contributed by atoms with E-state index in [1.165, 1.54) is 38.5 Å². The second-order valence-electron chi connectivity index (χ2n) is 7.97. The topological polar surface area (TPSA) is 52.1 Å². The van der Waals surface area contributed by atoms with E-state index in [2.05, 4.69) is 46.3 Å². The molecular formula is C20H42IN5O. The lowest BCUT2D eigenvalue weighted by Gasteiger charge is -2.48. The predicted molar refractivity (Wildman–Crippen MR) is 125 cm³/mol. The fraction of sp³-hybridized carbons (Fsp3) is 0.950. The highest BCUT2D eigenvalue weighted by molar-refractivity contribution is 14.0. The maximum atomic E-state index is 5.58. The molecule has 0 radical (unpaired) electrons. The highest BCUT2D eigenvalue weighted by atomic mass is 127. The maximum Gasteiger partial charge on any atom is 0.191 e. The van der Waals surface area contributed by atoms with Gasteiger partial charge in [-0.05, 0) is 33.2 Å². The average Bonchev–Trinajstić information content (AvgIpc) is 2.71. The fourth-order valence-corrected chi connectivity index (χ4v) is 4.20. The number of nitrogens with one attached hydrogen (secondary N) is 2. The summed E-state index contributed by atoms with van der Waals surface area (Å²) in [5, 5.41) is 7.13. The van der Waals surface area contributed by atoms with Crippen molar-refractivity contribution in [2.24, 2.45) is 4.99 Å². The molecule has 1 saturated carbocycles. The third kappa shape index (κ3) is 7.66. The van der Waals surface area contributed by atoms with Crippen LogP contribution in [-0.4, -0.2) is 87.4 Å². The summed E-state index contributed by atoms with van der Waals surface area (Å²) in [4.78, 5) is 9.52. The minimum Gasteiger partial charge on any atom is -0.379 e. The van der Waals surface area contributed by atoms with Crippen LogP contribution in [0.5, 0.6) is 0 Å². The van der Waals surface area contributed by atoms with Crippen LogP contribution in [0.4, 0.5) is 0 Å². The van der Waals surface area contributed by atoms with E-state index in [1.54, 1.807) is 0 Å². The summed E-state index contributed by atoms with van der Waals surface area (Å²) in [6.45, 7) is 11.3. The average molecular weight is 495 g/mol. The van der Waals surface area contributed by atoms with Crippen molar-refractivity contribution in [3.05, 3.63) is 0 Å². The molecule has 0 aromatic heterocycles. The lowest BCUT2D eigenvalue weighted by Crippen LogP contribution is -2.60. The Morgan fingerprint density at radius 2 is 1.85 bits per heavy atom. The molecular weight excluding hydrogens is 453 g/mol. The minimum absolute atomic E-state index is 0. The van der Waals surface area contributed by atoms with Crippen molar-refractivity contribution in [2.75, 3.05) is 60.0 Å². The monoisotopic (exact) mass is 495 g/mol. The van der Waals surface area contributed by atoms with Gasteiger partial charge in [0.1, 0.15) is 0 Å². The van der Waals surface area contributed by atoms with E-state index < -0.39 is 0 Å². The van der Waals surface area contributed by atoms with Crippen molar-refractivity contribution >= 4 is 29.9 Å². The van der Waals surface area contributed by atoms with Crippen molar-refractivity contribution in [2.45, 2.75) is 64.0 Å². The van der Waals surface area contributed by atoms with E-state index in [-0.39, 0.29) is 29.5 Å². The molecule has 6 nitrogen and oxygen atoms in total. The number of halogens is 1. The molecule has 2 aliphatic rings. The molecule has 0 bridgehead atoms. The van der Waals surface area contributed by atoms with Gasteiger partial charge >= 0.3 is 0 Å². The van der Waals surface area contributed by atoms with E-state index in [4.69, 9.17) is 4.74 Å². The Hall–Kier alpha value is -0.120. The van der Waals surface area contributed by atoms with Crippen LogP contribution in [0, 0.1) is 0 Å². The molecule has 0 amide bonds. The van der Waals surface area contributed by atoms with Crippen LogP contribution in [0.3, 0.4) is 0 Å². The number of ether oxygens (including phenoxy) is 1. The number of nitrogens with zero attached hydrogens (tertiary/aromatic N) is 3. The molecule has 1 heterocycles. The van der Waals surface area contributed by atoms with E-state index >= 15 is 0 Å². The Morgan fingerprint density at radius 1 is 1.19 bits per heavy atom. The zero-order valence-corrected chi connectivity index (χ0v) is 20.3. The molecule has 1 unspecified atom stereocenters. The van der Waals surface area contributed by atoms with Crippen molar-refractivity contribution in [1.82, 2.24) is 20.4 Å². The molecule has 1 atom stereocenters. The molecule has 0 spiro atoms. The highest BCUT2D eigenvalue weighted by Crippen LogP contribution is 2.33. The largest absolute Gasteiger partial charge is 0.379 e. The van der Waals surface area contributed by atoms with Crippen LogP contribution < -0.4 is 10.6 Å². The summed E-state index contributed by atoms with van der Waals surface area (Å²) in [5.74, 6) is 0.931. The third-order valence-electron chi connectivity index (χ3n) is 6.37. The number of hydrogen-bond donors (Lipinski definition) is 2. The molecule has 7 heteroatoms. The van der Waals surface area contributed by atoms with Crippen LogP contribution in [-0.2, 0) is 4.74 Å². The molecule has 1 saturated heterocycles. The van der Waals surface area contributed by atoms with Gasteiger partial charge in [-0.15, -0.1) is 24.0 Å². The number of hydrogen-bond acceptors (Lipinski definition) is 4. The Kier molecular flexibility index (Phi) is 12.2. The molecule has 1 aliphatic heterocycles. The SMILES string of the molecule is CCC(C)N(C)CCNC(=NC)NCC1(N2CCOCC2)CCCCC1.I. The molecule has 27 heavy (non-hydrogen) atoms. The molecule has 2 N–H and O–H groups in total. The third-order valence-corrected chi connectivity index (χ3v) is 6.37. The maximum absolute atomic E-state index is 5.58. The Balaban J connectivity index is 0.00000364. The molecule has 160 valence electrons. The number of aliphatic imine (C=N–C) groups is 1. The van der Waals surface area contributed by atoms with Gasteiger partial charge in [-0.25, -0.2) is 0 Å². The predicted octanol–water partition coefficient (Wildman–Crippen LogP) is 2.53. The van der Waals surface area contributed by atoms with Gasteiger partial charge in [0.15, 0.2) is 5.96 Å². The van der Waals surface area contributed by atoms with Gasteiger partial charge in [0.25, 0.3) is 0 Å². The van der Waals surface area contributed by atoms with E-state index in [1.807, 2.05) is 7.05 Å². The Morgan fingerprint density at radius 3 is 2.44 bits per heavy atom. The standard InChI is InChI=1S/C20H41N5O.HI/c1-5-18(2)24(4)12-11-22-19(21-3)23-17-20(9-7-6-8-10-20)25-13-15-26-16-14-25;/h18H,5-17H2,1-4H3,(H2,21,22,23);1H.